The topological polar surface area (TPSA) is 69.9 Å². The van der Waals surface area contributed by atoms with E-state index in [4.69, 9.17) is 15.3 Å². The van der Waals surface area contributed by atoms with E-state index >= 15 is 0 Å². The van der Waals surface area contributed by atoms with Crippen LogP contribution in [-0.2, 0) is 4.74 Å². The molecule has 1 saturated heterocycles. The van der Waals surface area contributed by atoms with Crippen LogP contribution in [0.2, 0.25) is 0 Å². The zero-order valence-electron chi connectivity index (χ0n) is 4.19. The highest BCUT2D eigenvalue weighted by molar-refractivity contribution is 4.80. The van der Waals surface area contributed by atoms with Crippen LogP contribution in [0, 0.1) is 0 Å². The van der Waals surface area contributed by atoms with Gasteiger partial charge in [0.25, 0.3) is 0 Å². The minimum Gasteiger partial charge on any atom is -0.394 e. The van der Waals surface area contributed by atoms with E-state index in [0.717, 1.165) is 0 Å². The van der Waals surface area contributed by atoms with Crippen molar-refractivity contribution in [3.8, 4) is 0 Å². The molecule has 48 valence electrons. The first-order chi connectivity index (χ1) is 3.75. The molecule has 3 atom stereocenters. The van der Waals surface area contributed by atoms with Crippen molar-refractivity contribution in [2.24, 2.45) is 0 Å². The molecule has 1 heterocycles. The lowest BCUT2D eigenvalue weighted by Gasteiger charge is -2.36. The average Bonchev–Trinajstić information content (AvgIpc) is 1.81. The van der Waals surface area contributed by atoms with Gasteiger partial charge >= 0.3 is 0 Å². The molecule has 0 saturated carbocycles. The van der Waals surface area contributed by atoms with Crippen LogP contribution in [0.1, 0.15) is 0 Å². The molecule has 3 N–H and O–H groups in total. The molecule has 1 rings (SSSR count). The van der Waals surface area contributed by atoms with Gasteiger partial charge in [0.2, 0.25) is 0 Å². The van der Waals surface area contributed by atoms with Gasteiger partial charge in [0, 0.05) is 0 Å². The minimum atomic E-state index is -1.09. The van der Waals surface area contributed by atoms with Gasteiger partial charge in [-0.05, 0) is 0 Å². The summed E-state index contributed by atoms with van der Waals surface area (Å²) >= 11 is 0. The second-order valence-electron chi connectivity index (χ2n) is 1.74. The first-order valence-corrected chi connectivity index (χ1v) is 2.38. The van der Waals surface area contributed by atoms with Crippen LogP contribution >= 0.6 is 0 Å². The third-order valence-electron chi connectivity index (χ3n) is 1.17. The van der Waals surface area contributed by atoms with E-state index in [0.29, 0.717) is 0 Å². The van der Waals surface area contributed by atoms with E-state index in [2.05, 4.69) is 4.74 Å². The quantitative estimate of drug-likeness (QED) is 0.376. The lowest BCUT2D eigenvalue weighted by Crippen LogP contribution is -2.55. The van der Waals surface area contributed by atoms with Gasteiger partial charge in [0.15, 0.2) is 6.29 Å². The molecule has 3 unspecified atom stereocenters. The molecule has 0 aromatic carbocycles. The molecule has 0 bridgehead atoms. The van der Waals surface area contributed by atoms with Crippen molar-refractivity contribution in [1.29, 1.82) is 0 Å². The molecule has 0 amide bonds. The Hall–Kier alpha value is -0.160. The maximum atomic E-state index is 8.64. The van der Waals surface area contributed by atoms with Gasteiger partial charge in [-0.3, -0.25) is 0 Å². The molecule has 0 aromatic heterocycles. The van der Waals surface area contributed by atoms with Crippen LogP contribution in [0.15, 0.2) is 0 Å². The SMILES string of the molecule is OCC1OC(O)C1O. The summed E-state index contributed by atoms with van der Waals surface area (Å²) in [6.45, 7) is -0.238. The number of aliphatic hydroxyl groups is 3. The normalized spacial score (nSPS) is 46.1. The average molecular weight is 120 g/mol. The van der Waals surface area contributed by atoms with E-state index in [9.17, 15) is 0 Å². The van der Waals surface area contributed by atoms with Crippen molar-refractivity contribution < 1.29 is 20.1 Å². The van der Waals surface area contributed by atoms with Crippen LogP contribution in [0.4, 0.5) is 0 Å². The molecule has 0 aliphatic carbocycles. The Kier molecular flexibility index (Phi) is 1.48. The molecule has 1 aliphatic rings. The first-order valence-electron chi connectivity index (χ1n) is 2.38. The van der Waals surface area contributed by atoms with Crippen LogP contribution in [0.5, 0.6) is 0 Å². The summed E-state index contributed by atoms with van der Waals surface area (Å²) in [4.78, 5) is 0. The number of rotatable bonds is 1. The Balaban J connectivity index is 2.25. The fraction of sp³-hybridized carbons (Fsp3) is 1.00. The highest BCUT2D eigenvalue weighted by Gasteiger charge is 2.39. The Bertz CT molecular complexity index is 84.1. The Morgan fingerprint density at radius 1 is 1.38 bits per heavy atom. The standard InChI is InChI=1S/C4H8O4/c5-1-2-3(6)4(7)8-2/h2-7H,1H2. The van der Waals surface area contributed by atoms with E-state index in [-0.39, 0.29) is 6.61 Å². The van der Waals surface area contributed by atoms with Crippen molar-refractivity contribution in [3.05, 3.63) is 0 Å². The Morgan fingerprint density at radius 3 is 2.12 bits per heavy atom. The summed E-state index contributed by atoms with van der Waals surface area (Å²) in [7, 11) is 0. The molecule has 0 radical (unpaired) electrons. The third kappa shape index (κ3) is 0.714. The predicted molar refractivity (Wildman–Crippen MR) is 24.0 cm³/mol. The van der Waals surface area contributed by atoms with Gasteiger partial charge in [-0.2, -0.15) is 0 Å². The van der Waals surface area contributed by atoms with Gasteiger partial charge in [0.1, 0.15) is 12.2 Å². The summed E-state index contributed by atoms with van der Waals surface area (Å²) < 4.78 is 4.46. The van der Waals surface area contributed by atoms with Gasteiger partial charge < -0.3 is 20.1 Å². The van der Waals surface area contributed by atoms with Crippen LogP contribution in [-0.4, -0.2) is 40.4 Å². The number of ether oxygens (including phenoxy) is 1. The lowest BCUT2D eigenvalue weighted by atomic mass is 10.1. The largest absolute Gasteiger partial charge is 0.394 e. The molecular weight excluding hydrogens is 112 g/mol. The molecule has 8 heavy (non-hydrogen) atoms. The van der Waals surface area contributed by atoms with E-state index in [1.54, 1.807) is 0 Å². The number of hydrogen-bond acceptors (Lipinski definition) is 4. The Labute approximate surface area is 46.3 Å². The smallest absolute Gasteiger partial charge is 0.184 e. The van der Waals surface area contributed by atoms with Gasteiger partial charge in [-0.25, -0.2) is 0 Å². The molecule has 4 nitrogen and oxygen atoms in total. The van der Waals surface area contributed by atoms with E-state index < -0.39 is 18.5 Å². The van der Waals surface area contributed by atoms with E-state index in [1.165, 1.54) is 0 Å². The number of aliphatic hydroxyl groups excluding tert-OH is 3. The summed E-state index contributed by atoms with van der Waals surface area (Å²) in [6.07, 6.45) is -2.57. The van der Waals surface area contributed by atoms with Crippen molar-refractivity contribution in [1.82, 2.24) is 0 Å². The van der Waals surface area contributed by atoms with Gasteiger partial charge in [0.05, 0.1) is 6.61 Å². The zero-order valence-corrected chi connectivity index (χ0v) is 4.19. The van der Waals surface area contributed by atoms with Crippen LogP contribution in [0.3, 0.4) is 0 Å². The van der Waals surface area contributed by atoms with Crippen LogP contribution in [0.25, 0.3) is 0 Å². The van der Waals surface area contributed by atoms with E-state index in [1.807, 2.05) is 0 Å². The van der Waals surface area contributed by atoms with Gasteiger partial charge in [-0.1, -0.05) is 0 Å². The van der Waals surface area contributed by atoms with Crippen LogP contribution < -0.4 is 0 Å². The second-order valence-corrected chi connectivity index (χ2v) is 1.74. The fourth-order valence-electron chi connectivity index (χ4n) is 0.585. The highest BCUT2D eigenvalue weighted by atomic mass is 16.7. The molecule has 1 aliphatic heterocycles. The third-order valence-corrected chi connectivity index (χ3v) is 1.17. The van der Waals surface area contributed by atoms with Crippen molar-refractivity contribution in [2.45, 2.75) is 18.5 Å². The lowest BCUT2D eigenvalue weighted by molar-refractivity contribution is -0.311. The molecule has 1 fully saturated rings. The van der Waals surface area contributed by atoms with Crippen molar-refractivity contribution in [3.63, 3.8) is 0 Å². The summed E-state index contributed by atoms with van der Waals surface area (Å²) in [5.41, 5.74) is 0. The van der Waals surface area contributed by atoms with Crippen molar-refractivity contribution >= 4 is 0 Å². The summed E-state index contributed by atoms with van der Waals surface area (Å²) in [6, 6.07) is 0. The molecule has 4 heteroatoms. The monoisotopic (exact) mass is 120 g/mol. The Morgan fingerprint density at radius 2 is 2.00 bits per heavy atom. The summed E-state index contributed by atoms with van der Waals surface area (Å²) in [5.74, 6) is 0. The fourth-order valence-corrected chi connectivity index (χ4v) is 0.585. The molecule has 0 spiro atoms. The highest BCUT2D eigenvalue weighted by Crippen LogP contribution is 2.17. The minimum absolute atomic E-state index is 0.238. The number of hydrogen-bond donors (Lipinski definition) is 3. The zero-order chi connectivity index (χ0) is 6.15. The molecular formula is C4H8O4. The maximum absolute atomic E-state index is 8.64. The maximum Gasteiger partial charge on any atom is 0.184 e. The summed E-state index contributed by atoms with van der Waals surface area (Å²) in [5, 5.41) is 25.4. The molecule has 0 aromatic rings. The van der Waals surface area contributed by atoms with Crippen molar-refractivity contribution in [2.75, 3.05) is 6.61 Å². The second kappa shape index (κ2) is 1.99. The predicted octanol–water partition coefficient (Wildman–Crippen LogP) is -1.94. The first kappa shape index (κ1) is 5.97. The van der Waals surface area contributed by atoms with Gasteiger partial charge in [-0.15, -0.1) is 0 Å².